The van der Waals surface area contributed by atoms with Gasteiger partial charge in [-0.2, -0.15) is 5.26 Å². The van der Waals surface area contributed by atoms with Crippen LogP contribution < -0.4 is 5.32 Å². The molecule has 2 rings (SSSR count). The molecule has 18 heavy (non-hydrogen) atoms. The molecule has 1 aliphatic heterocycles. The van der Waals surface area contributed by atoms with E-state index in [1.807, 2.05) is 6.07 Å². The fourth-order valence-electron chi connectivity index (χ4n) is 2.08. The second-order valence-corrected chi connectivity index (χ2v) is 7.67. The van der Waals surface area contributed by atoms with Gasteiger partial charge in [-0.3, -0.25) is 0 Å². The van der Waals surface area contributed by atoms with E-state index < -0.39 is 9.84 Å². The number of anilines is 1. The minimum Gasteiger partial charge on any atom is -0.384 e. The largest absolute Gasteiger partial charge is 0.384 e. The Kier molecular flexibility index (Phi) is 3.93. The maximum Gasteiger partial charge on any atom is 0.154 e. The molecular formula is C12H13BrN2O2S. The SMILES string of the molecule is N#Cc1cc(Br)cc(NCC2CCCS2(=O)=O)c1. The van der Waals surface area contributed by atoms with Crippen molar-refractivity contribution in [2.45, 2.75) is 18.1 Å². The van der Waals surface area contributed by atoms with Crippen molar-refractivity contribution >= 4 is 31.5 Å². The van der Waals surface area contributed by atoms with Gasteiger partial charge < -0.3 is 5.32 Å². The summed E-state index contributed by atoms with van der Waals surface area (Å²) in [6.07, 6.45) is 1.46. The zero-order valence-electron chi connectivity index (χ0n) is 9.69. The van der Waals surface area contributed by atoms with Crippen LogP contribution in [0.25, 0.3) is 0 Å². The van der Waals surface area contributed by atoms with Gasteiger partial charge in [0.05, 0.1) is 22.6 Å². The summed E-state index contributed by atoms with van der Waals surface area (Å²) in [5, 5.41) is 11.6. The molecule has 1 atom stereocenters. The van der Waals surface area contributed by atoms with Gasteiger partial charge in [0.1, 0.15) is 0 Å². The highest BCUT2D eigenvalue weighted by Crippen LogP contribution is 2.23. The zero-order valence-corrected chi connectivity index (χ0v) is 12.1. The van der Waals surface area contributed by atoms with Crippen LogP contribution in [0.5, 0.6) is 0 Å². The fraction of sp³-hybridized carbons (Fsp3) is 0.417. The summed E-state index contributed by atoms with van der Waals surface area (Å²) >= 11 is 3.32. The van der Waals surface area contributed by atoms with Crippen LogP contribution in [0.15, 0.2) is 22.7 Å². The quantitative estimate of drug-likeness (QED) is 0.924. The Morgan fingerprint density at radius 2 is 2.22 bits per heavy atom. The number of rotatable bonds is 3. The topological polar surface area (TPSA) is 70.0 Å². The molecule has 0 bridgehead atoms. The van der Waals surface area contributed by atoms with E-state index >= 15 is 0 Å². The lowest BCUT2D eigenvalue weighted by molar-refractivity contribution is 0.591. The average molecular weight is 329 g/mol. The molecule has 1 aromatic rings. The Morgan fingerprint density at radius 3 is 2.83 bits per heavy atom. The molecule has 96 valence electrons. The number of benzene rings is 1. The minimum atomic E-state index is -2.92. The summed E-state index contributed by atoms with van der Waals surface area (Å²) in [5.74, 6) is 0.293. The van der Waals surface area contributed by atoms with Gasteiger partial charge in [-0.25, -0.2) is 8.42 Å². The monoisotopic (exact) mass is 328 g/mol. The Bertz CT molecular complexity index is 593. The molecule has 0 radical (unpaired) electrons. The number of hydrogen-bond acceptors (Lipinski definition) is 4. The van der Waals surface area contributed by atoms with Crippen LogP contribution >= 0.6 is 15.9 Å². The van der Waals surface area contributed by atoms with Crippen LogP contribution in [0.4, 0.5) is 5.69 Å². The molecule has 6 heteroatoms. The van der Waals surface area contributed by atoms with Crippen molar-refractivity contribution in [2.75, 3.05) is 17.6 Å². The van der Waals surface area contributed by atoms with E-state index in [0.717, 1.165) is 16.6 Å². The molecule has 1 fully saturated rings. The third-order valence-corrected chi connectivity index (χ3v) is 5.76. The maximum absolute atomic E-state index is 11.7. The van der Waals surface area contributed by atoms with E-state index in [4.69, 9.17) is 5.26 Å². The number of nitrogens with one attached hydrogen (secondary N) is 1. The zero-order chi connectivity index (χ0) is 13.2. The molecule has 1 unspecified atom stereocenters. The summed E-state index contributed by atoms with van der Waals surface area (Å²) < 4.78 is 24.1. The van der Waals surface area contributed by atoms with Crippen molar-refractivity contribution in [3.05, 3.63) is 28.2 Å². The number of nitrogens with zero attached hydrogens (tertiary/aromatic N) is 1. The van der Waals surface area contributed by atoms with Gasteiger partial charge in [0.25, 0.3) is 0 Å². The molecule has 0 spiro atoms. The Balaban J connectivity index is 2.07. The first-order chi connectivity index (χ1) is 8.51. The minimum absolute atomic E-state index is 0.293. The van der Waals surface area contributed by atoms with Crippen molar-refractivity contribution in [2.24, 2.45) is 0 Å². The summed E-state index contributed by atoms with van der Waals surface area (Å²) in [4.78, 5) is 0. The molecule has 4 nitrogen and oxygen atoms in total. The lowest BCUT2D eigenvalue weighted by Gasteiger charge is -2.12. The molecule has 0 saturated carbocycles. The third kappa shape index (κ3) is 3.03. The number of halogens is 1. The molecule has 1 heterocycles. The Labute approximate surface area is 115 Å². The molecule has 1 saturated heterocycles. The first-order valence-corrected chi connectivity index (χ1v) is 8.18. The first kappa shape index (κ1) is 13.4. The van der Waals surface area contributed by atoms with Crippen LogP contribution in [-0.4, -0.2) is 26.0 Å². The van der Waals surface area contributed by atoms with Crippen LogP contribution in [0.1, 0.15) is 18.4 Å². The van der Waals surface area contributed by atoms with Crippen molar-refractivity contribution < 1.29 is 8.42 Å². The highest BCUT2D eigenvalue weighted by Gasteiger charge is 2.30. The van der Waals surface area contributed by atoms with Gasteiger partial charge >= 0.3 is 0 Å². The van der Waals surface area contributed by atoms with Crippen LogP contribution in [0.2, 0.25) is 0 Å². The second kappa shape index (κ2) is 5.29. The van der Waals surface area contributed by atoms with E-state index in [0.29, 0.717) is 24.3 Å². The lowest BCUT2D eigenvalue weighted by atomic mass is 10.2. The third-order valence-electron chi connectivity index (χ3n) is 3.02. The van der Waals surface area contributed by atoms with E-state index in [2.05, 4.69) is 27.3 Å². The van der Waals surface area contributed by atoms with E-state index in [1.54, 1.807) is 12.1 Å². The summed E-state index contributed by atoms with van der Waals surface area (Å²) in [6.45, 7) is 0.406. The van der Waals surface area contributed by atoms with Gasteiger partial charge in [-0.1, -0.05) is 15.9 Å². The Morgan fingerprint density at radius 1 is 1.44 bits per heavy atom. The summed E-state index contributed by atoms with van der Waals surface area (Å²) in [7, 11) is -2.92. The molecular weight excluding hydrogens is 316 g/mol. The molecule has 1 N–H and O–H groups in total. The van der Waals surface area contributed by atoms with E-state index in [9.17, 15) is 8.42 Å². The first-order valence-electron chi connectivity index (χ1n) is 5.67. The van der Waals surface area contributed by atoms with Crippen molar-refractivity contribution in [3.63, 3.8) is 0 Å². The molecule has 0 aliphatic carbocycles. The smallest absolute Gasteiger partial charge is 0.154 e. The van der Waals surface area contributed by atoms with Gasteiger partial charge in [-0.05, 0) is 31.0 Å². The standard InChI is InChI=1S/C12H13BrN2O2S/c13-10-4-9(7-14)5-11(6-10)15-8-12-2-1-3-18(12,16)17/h4-6,12,15H,1-3,8H2. The van der Waals surface area contributed by atoms with Gasteiger partial charge in [0.2, 0.25) is 0 Å². The van der Waals surface area contributed by atoms with Crippen molar-refractivity contribution in [3.8, 4) is 6.07 Å². The summed E-state index contributed by atoms with van der Waals surface area (Å²) in [5.41, 5.74) is 1.31. The second-order valence-electron chi connectivity index (χ2n) is 4.35. The fourth-order valence-corrected chi connectivity index (χ4v) is 4.33. The van der Waals surface area contributed by atoms with Gasteiger partial charge in [-0.15, -0.1) is 0 Å². The van der Waals surface area contributed by atoms with E-state index in [1.165, 1.54) is 0 Å². The van der Waals surface area contributed by atoms with Crippen molar-refractivity contribution in [1.29, 1.82) is 5.26 Å². The average Bonchev–Trinajstić information content (AvgIpc) is 2.65. The molecule has 0 aromatic heterocycles. The van der Waals surface area contributed by atoms with Crippen LogP contribution in [0.3, 0.4) is 0 Å². The normalized spacial score (nSPS) is 21.4. The van der Waals surface area contributed by atoms with Gasteiger partial charge in [0.15, 0.2) is 9.84 Å². The van der Waals surface area contributed by atoms with E-state index in [-0.39, 0.29) is 5.25 Å². The summed E-state index contributed by atoms with van der Waals surface area (Å²) in [6, 6.07) is 7.33. The van der Waals surface area contributed by atoms with Crippen LogP contribution in [-0.2, 0) is 9.84 Å². The Hall–Kier alpha value is -1.06. The number of sulfone groups is 1. The predicted octanol–water partition coefficient (Wildman–Crippen LogP) is 2.31. The predicted molar refractivity (Wildman–Crippen MR) is 74.2 cm³/mol. The lowest BCUT2D eigenvalue weighted by Crippen LogP contribution is -2.25. The van der Waals surface area contributed by atoms with Crippen molar-refractivity contribution in [1.82, 2.24) is 0 Å². The molecule has 0 amide bonds. The number of nitriles is 1. The highest BCUT2D eigenvalue weighted by molar-refractivity contribution is 9.10. The molecule has 1 aliphatic rings. The van der Waals surface area contributed by atoms with Crippen LogP contribution in [0, 0.1) is 11.3 Å². The highest BCUT2D eigenvalue weighted by atomic mass is 79.9. The van der Waals surface area contributed by atoms with Gasteiger partial charge in [0, 0.05) is 16.7 Å². The molecule has 1 aromatic carbocycles. The number of hydrogen-bond donors (Lipinski definition) is 1. The maximum atomic E-state index is 11.7.